The summed E-state index contributed by atoms with van der Waals surface area (Å²) in [6.07, 6.45) is 1.88. The van der Waals surface area contributed by atoms with Crippen LogP contribution >= 0.6 is 0 Å². The normalized spacial score (nSPS) is 21.2. The molecule has 1 aromatic heterocycles. The average molecular weight is 264 g/mol. The van der Waals surface area contributed by atoms with Crippen molar-refractivity contribution in [3.63, 3.8) is 0 Å². The van der Waals surface area contributed by atoms with Crippen LogP contribution in [0.2, 0.25) is 0 Å². The van der Waals surface area contributed by atoms with Crippen LogP contribution in [0, 0.1) is 0 Å². The maximum Gasteiger partial charge on any atom is 0.274 e. The van der Waals surface area contributed by atoms with Gasteiger partial charge in [-0.1, -0.05) is 6.92 Å². The van der Waals surface area contributed by atoms with Crippen molar-refractivity contribution in [2.75, 3.05) is 26.7 Å². The smallest absolute Gasteiger partial charge is 0.274 e. The number of nitrogens with one attached hydrogen (secondary N) is 1. The molecule has 0 bridgehead atoms. The molecule has 1 N–H and O–H groups in total. The van der Waals surface area contributed by atoms with Crippen molar-refractivity contribution in [3.8, 4) is 0 Å². The van der Waals surface area contributed by atoms with Gasteiger partial charge in [-0.3, -0.25) is 9.59 Å². The lowest BCUT2D eigenvalue weighted by atomic mass is 10.1. The molecule has 2 rings (SSSR count). The van der Waals surface area contributed by atoms with Crippen LogP contribution in [0.5, 0.6) is 0 Å². The van der Waals surface area contributed by atoms with Crippen LogP contribution < -0.4 is 5.56 Å². The van der Waals surface area contributed by atoms with Crippen LogP contribution in [0.25, 0.3) is 0 Å². The molecular formula is C13H20N4O2. The van der Waals surface area contributed by atoms with Gasteiger partial charge < -0.3 is 9.80 Å². The number of aromatic amines is 1. The Hall–Kier alpha value is -1.69. The van der Waals surface area contributed by atoms with Gasteiger partial charge in [0.05, 0.1) is 0 Å². The number of nitrogens with zero attached hydrogens (tertiary/aromatic N) is 3. The summed E-state index contributed by atoms with van der Waals surface area (Å²) in [5.74, 6) is -0.0987. The van der Waals surface area contributed by atoms with Gasteiger partial charge >= 0.3 is 0 Å². The van der Waals surface area contributed by atoms with Crippen LogP contribution in [0.4, 0.5) is 0 Å². The minimum atomic E-state index is -0.292. The molecule has 0 spiro atoms. The molecule has 0 aromatic carbocycles. The van der Waals surface area contributed by atoms with Crippen molar-refractivity contribution in [1.82, 2.24) is 20.0 Å². The van der Waals surface area contributed by atoms with E-state index in [1.807, 2.05) is 4.90 Å². The van der Waals surface area contributed by atoms with Crippen LogP contribution in [0.15, 0.2) is 16.9 Å². The van der Waals surface area contributed by atoms with Crippen molar-refractivity contribution in [3.05, 3.63) is 28.2 Å². The molecule has 1 fully saturated rings. The first-order valence-corrected chi connectivity index (χ1v) is 6.67. The second kappa shape index (κ2) is 5.97. The molecule has 0 radical (unpaired) electrons. The van der Waals surface area contributed by atoms with E-state index >= 15 is 0 Å². The molecule has 2 heterocycles. The number of hydrogen-bond donors (Lipinski definition) is 1. The van der Waals surface area contributed by atoms with Crippen molar-refractivity contribution in [1.29, 1.82) is 0 Å². The zero-order valence-corrected chi connectivity index (χ0v) is 11.4. The molecular weight excluding hydrogens is 244 g/mol. The molecule has 0 aliphatic carbocycles. The van der Waals surface area contributed by atoms with E-state index in [9.17, 15) is 9.59 Å². The number of carbonyl (C=O) groups is 1. The second-order valence-electron chi connectivity index (χ2n) is 4.98. The molecule has 6 nitrogen and oxygen atoms in total. The summed E-state index contributed by atoms with van der Waals surface area (Å²) in [5.41, 5.74) is 0.0156. The van der Waals surface area contributed by atoms with E-state index in [0.29, 0.717) is 5.69 Å². The Morgan fingerprint density at radius 3 is 2.89 bits per heavy atom. The summed E-state index contributed by atoms with van der Waals surface area (Å²) in [6.45, 7) is 4.71. The highest BCUT2D eigenvalue weighted by molar-refractivity contribution is 5.92. The fourth-order valence-corrected chi connectivity index (χ4v) is 2.47. The fraction of sp³-hybridized carbons (Fsp3) is 0.615. The Balaban J connectivity index is 2.20. The van der Waals surface area contributed by atoms with Gasteiger partial charge in [0.15, 0.2) is 0 Å². The molecule has 1 atom stereocenters. The first-order chi connectivity index (χ1) is 9.11. The zero-order valence-electron chi connectivity index (χ0n) is 11.4. The summed E-state index contributed by atoms with van der Waals surface area (Å²) >= 11 is 0. The third-order valence-corrected chi connectivity index (χ3v) is 3.53. The van der Waals surface area contributed by atoms with Crippen LogP contribution in [-0.4, -0.2) is 58.6 Å². The topological polar surface area (TPSA) is 69.3 Å². The van der Waals surface area contributed by atoms with E-state index < -0.39 is 0 Å². The minimum absolute atomic E-state index is 0.0987. The van der Waals surface area contributed by atoms with Gasteiger partial charge in [-0.15, -0.1) is 0 Å². The maximum atomic E-state index is 12.5. The lowest BCUT2D eigenvalue weighted by Crippen LogP contribution is -2.44. The quantitative estimate of drug-likeness (QED) is 0.835. The van der Waals surface area contributed by atoms with E-state index in [4.69, 9.17) is 0 Å². The van der Waals surface area contributed by atoms with Gasteiger partial charge in [-0.2, -0.15) is 5.10 Å². The number of aromatic nitrogens is 2. The van der Waals surface area contributed by atoms with Gasteiger partial charge in [0.25, 0.3) is 11.5 Å². The molecule has 0 saturated carbocycles. The van der Waals surface area contributed by atoms with Crippen molar-refractivity contribution >= 4 is 5.91 Å². The standard InChI is InChI=1S/C13H20N4O2/c1-3-10-9-16(2)7-4-8-17(10)13(19)11-5-6-12(18)15-14-11/h5-6,10H,3-4,7-9H2,1-2H3,(H,15,18). The third-order valence-electron chi connectivity index (χ3n) is 3.53. The lowest BCUT2D eigenvalue weighted by molar-refractivity contribution is 0.0668. The first-order valence-electron chi connectivity index (χ1n) is 6.67. The molecule has 104 valence electrons. The number of carbonyl (C=O) groups excluding carboxylic acids is 1. The molecule has 19 heavy (non-hydrogen) atoms. The predicted molar refractivity (Wildman–Crippen MR) is 72.1 cm³/mol. The highest BCUT2D eigenvalue weighted by atomic mass is 16.2. The molecule has 6 heteroatoms. The van der Waals surface area contributed by atoms with Crippen LogP contribution in [-0.2, 0) is 0 Å². The molecule has 1 amide bonds. The number of likely N-dealkylation sites (N-methyl/N-ethyl adjacent to an activating group) is 1. The average Bonchev–Trinajstić information content (AvgIpc) is 2.60. The first kappa shape index (κ1) is 13.7. The largest absolute Gasteiger partial charge is 0.333 e. The van der Waals surface area contributed by atoms with Gasteiger partial charge in [0.1, 0.15) is 5.69 Å². The van der Waals surface area contributed by atoms with Crippen molar-refractivity contribution in [2.45, 2.75) is 25.8 Å². The van der Waals surface area contributed by atoms with Gasteiger partial charge in [0.2, 0.25) is 0 Å². The molecule has 1 unspecified atom stereocenters. The summed E-state index contributed by atoms with van der Waals surface area (Å²) < 4.78 is 0. The summed E-state index contributed by atoms with van der Waals surface area (Å²) in [5, 5.41) is 6.14. The molecule has 1 aliphatic rings. The second-order valence-corrected chi connectivity index (χ2v) is 4.98. The van der Waals surface area contributed by atoms with E-state index in [0.717, 1.165) is 32.5 Å². The number of amides is 1. The Bertz CT molecular complexity index is 479. The van der Waals surface area contributed by atoms with E-state index in [1.165, 1.54) is 12.1 Å². The number of hydrogen-bond acceptors (Lipinski definition) is 4. The fourth-order valence-electron chi connectivity index (χ4n) is 2.47. The van der Waals surface area contributed by atoms with Gasteiger partial charge in [0, 0.05) is 25.2 Å². The Labute approximate surface area is 112 Å². The van der Waals surface area contributed by atoms with Crippen LogP contribution in [0.1, 0.15) is 30.3 Å². The Kier molecular flexibility index (Phi) is 4.31. The van der Waals surface area contributed by atoms with Gasteiger partial charge in [-0.25, -0.2) is 5.10 Å². The monoisotopic (exact) mass is 264 g/mol. The van der Waals surface area contributed by atoms with E-state index in [1.54, 1.807) is 0 Å². The molecule has 1 saturated heterocycles. The number of H-pyrrole nitrogens is 1. The van der Waals surface area contributed by atoms with Crippen LogP contribution in [0.3, 0.4) is 0 Å². The van der Waals surface area contributed by atoms with E-state index in [-0.39, 0.29) is 17.5 Å². The summed E-state index contributed by atoms with van der Waals surface area (Å²) in [6, 6.07) is 3.03. The molecule has 1 aromatic rings. The molecule has 1 aliphatic heterocycles. The summed E-state index contributed by atoms with van der Waals surface area (Å²) in [7, 11) is 2.08. The van der Waals surface area contributed by atoms with Gasteiger partial charge in [-0.05, 0) is 32.5 Å². The highest BCUT2D eigenvalue weighted by Gasteiger charge is 2.27. The summed E-state index contributed by atoms with van der Waals surface area (Å²) in [4.78, 5) is 27.6. The Morgan fingerprint density at radius 1 is 1.47 bits per heavy atom. The van der Waals surface area contributed by atoms with Crippen molar-refractivity contribution < 1.29 is 4.79 Å². The lowest BCUT2D eigenvalue weighted by Gasteiger charge is -2.29. The Morgan fingerprint density at radius 2 is 2.26 bits per heavy atom. The number of rotatable bonds is 2. The maximum absolute atomic E-state index is 12.5. The zero-order chi connectivity index (χ0) is 13.8. The van der Waals surface area contributed by atoms with Crippen molar-refractivity contribution in [2.24, 2.45) is 0 Å². The third kappa shape index (κ3) is 3.20. The van der Waals surface area contributed by atoms with E-state index in [2.05, 4.69) is 29.1 Å². The SMILES string of the molecule is CCC1CN(C)CCCN1C(=O)c1ccc(=O)[nH]n1. The minimum Gasteiger partial charge on any atom is -0.333 e. The highest BCUT2D eigenvalue weighted by Crippen LogP contribution is 2.14. The predicted octanol–water partition coefficient (Wildman–Crippen LogP) is 0.326.